The van der Waals surface area contributed by atoms with Crippen LogP contribution in [0.15, 0.2) is 85.0 Å². The molecule has 0 spiro atoms. The summed E-state index contributed by atoms with van der Waals surface area (Å²) in [5, 5.41) is 18.3. The molecular formula is C22H19N2O2+. The van der Waals surface area contributed by atoms with Crippen LogP contribution in [0.5, 0.6) is 5.75 Å². The number of pyridine rings is 2. The molecule has 0 fully saturated rings. The number of aromatic nitrogens is 2. The average molecular weight is 343 g/mol. The van der Waals surface area contributed by atoms with Crippen molar-refractivity contribution < 1.29 is 10.2 Å². The molecule has 1 aromatic carbocycles. The second-order valence-corrected chi connectivity index (χ2v) is 6.19. The van der Waals surface area contributed by atoms with Gasteiger partial charge in [-0.1, -0.05) is 42.5 Å². The van der Waals surface area contributed by atoms with Gasteiger partial charge in [-0.2, -0.15) is 0 Å². The molecular weight excluding hydrogens is 324 g/mol. The van der Waals surface area contributed by atoms with Crippen molar-refractivity contribution in [3.8, 4) is 28.4 Å². The number of nitrogens with zero attached hydrogens (tertiary/aromatic N) is 2. The number of phenolic OH excluding ortho intramolecular Hbond substituents is 1. The van der Waals surface area contributed by atoms with E-state index in [-0.39, 0.29) is 17.8 Å². The molecule has 2 aromatic heterocycles. The van der Waals surface area contributed by atoms with Gasteiger partial charge in [-0.15, -0.1) is 0 Å². The largest absolute Gasteiger partial charge is 0.507 e. The Balaban J connectivity index is 1.72. The second-order valence-electron chi connectivity index (χ2n) is 6.19. The van der Waals surface area contributed by atoms with Crippen LogP contribution in [0.3, 0.4) is 0 Å². The number of para-hydroxylation sites is 1. The minimum atomic E-state index is -0.330. The van der Waals surface area contributed by atoms with Gasteiger partial charge in [0.05, 0.1) is 28.7 Å². The Kier molecular flexibility index (Phi) is 4.33. The quantitative estimate of drug-likeness (QED) is 0.735. The molecule has 2 heterocycles. The van der Waals surface area contributed by atoms with E-state index in [0.29, 0.717) is 11.3 Å². The van der Waals surface area contributed by atoms with Crippen molar-refractivity contribution in [3.63, 3.8) is 0 Å². The van der Waals surface area contributed by atoms with Crippen LogP contribution in [0.25, 0.3) is 22.6 Å². The lowest BCUT2D eigenvalue weighted by molar-refractivity contribution is 0.204. The fourth-order valence-corrected chi connectivity index (χ4v) is 3.09. The van der Waals surface area contributed by atoms with Gasteiger partial charge in [0.2, 0.25) is 0 Å². The van der Waals surface area contributed by atoms with Crippen LogP contribution >= 0.6 is 0 Å². The molecule has 0 bridgehead atoms. The van der Waals surface area contributed by atoms with E-state index in [2.05, 4.69) is 4.98 Å². The summed E-state index contributed by atoms with van der Waals surface area (Å²) >= 11 is 0. The maximum Gasteiger partial charge on any atom is 0.185 e. The highest BCUT2D eigenvalue weighted by molar-refractivity contribution is 5.69. The predicted molar refractivity (Wildman–Crippen MR) is 103 cm³/mol. The summed E-state index contributed by atoms with van der Waals surface area (Å²) in [4.78, 5) is 9.42. The molecule has 128 valence electrons. The highest BCUT2D eigenvalue weighted by atomic mass is 16.3. The molecule has 1 aliphatic carbocycles. The van der Waals surface area contributed by atoms with Gasteiger partial charge in [-0.3, -0.25) is 4.98 Å². The summed E-state index contributed by atoms with van der Waals surface area (Å²) in [6.45, 7) is 0. The molecule has 2 atom stereocenters. The Bertz CT molecular complexity index is 995. The minimum Gasteiger partial charge on any atom is -0.507 e. The Morgan fingerprint density at radius 1 is 0.731 bits per heavy atom. The Morgan fingerprint density at radius 3 is 2.23 bits per heavy atom. The lowest BCUT2D eigenvalue weighted by atomic mass is 9.93. The van der Waals surface area contributed by atoms with E-state index in [1.165, 1.54) is 0 Å². The lowest BCUT2D eigenvalue weighted by Crippen LogP contribution is -2.17. The molecule has 0 amide bonds. The third-order valence-corrected chi connectivity index (χ3v) is 4.44. The molecule has 4 heteroatoms. The number of hydrogen-bond acceptors (Lipinski definition) is 3. The highest BCUT2D eigenvalue weighted by Gasteiger charge is 2.23. The van der Waals surface area contributed by atoms with E-state index >= 15 is 0 Å². The van der Waals surface area contributed by atoms with E-state index in [0.717, 1.165) is 17.1 Å². The number of benzene rings is 1. The van der Waals surface area contributed by atoms with Crippen molar-refractivity contribution in [2.24, 2.45) is 0 Å². The Hall–Kier alpha value is -3.24. The first kappa shape index (κ1) is 16.2. The number of aromatic hydroxyl groups is 1. The molecule has 0 saturated carbocycles. The maximum atomic E-state index is 10.1. The number of allylic oxidation sites excluding steroid dienone is 2. The van der Waals surface area contributed by atoms with Crippen LogP contribution in [0.2, 0.25) is 0 Å². The van der Waals surface area contributed by atoms with E-state index in [1.807, 2.05) is 72.8 Å². The topological polar surface area (TPSA) is 68.9 Å². The summed E-state index contributed by atoms with van der Waals surface area (Å²) in [7, 11) is 0. The fourth-order valence-electron chi connectivity index (χ4n) is 3.09. The van der Waals surface area contributed by atoms with E-state index in [4.69, 9.17) is 10.1 Å². The summed E-state index contributed by atoms with van der Waals surface area (Å²) < 4.78 is 0. The van der Waals surface area contributed by atoms with Gasteiger partial charge in [-0.25, -0.2) is 4.98 Å². The summed E-state index contributed by atoms with van der Waals surface area (Å²) in [5.74, 6) is 0.149. The van der Waals surface area contributed by atoms with Crippen molar-refractivity contribution in [1.29, 1.82) is 0 Å². The van der Waals surface area contributed by atoms with Crippen LogP contribution in [0, 0.1) is 0 Å². The summed E-state index contributed by atoms with van der Waals surface area (Å²) in [6, 6.07) is 18.7. The van der Waals surface area contributed by atoms with E-state index < -0.39 is 0 Å². The van der Waals surface area contributed by atoms with Crippen LogP contribution in [-0.4, -0.2) is 26.3 Å². The second kappa shape index (κ2) is 6.94. The van der Waals surface area contributed by atoms with Crippen LogP contribution in [-0.2, 0) is 0 Å². The zero-order chi connectivity index (χ0) is 17.9. The third-order valence-electron chi connectivity index (χ3n) is 4.44. The summed E-state index contributed by atoms with van der Waals surface area (Å²) in [6.07, 6.45) is 7.41. The highest BCUT2D eigenvalue weighted by Crippen LogP contribution is 2.29. The molecule has 0 saturated heterocycles. The molecule has 3 N–H and O–H groups in total. The monoisotopic (exact) mass is 343 g/mol. The summed E-state index contributed by atoms with van der Waals surface area (Å²) in [5.41, 5.74) is 3.75. The zero-order valence-electron chi connectivity index (χ0n) is 14.1. The van der Waals surface area contributed by atoms with Gasteiger partial charge in [-0.05, 0) is 42.5 Å². The standard InChI is InChI=1S/C22H18N2O2/c25-21-13-3-1-7-15(21)17-9-5-11-19(23-17)20-12-6-10-18(24-20)16-8-2-4-14-22(16)26/h1-15,21,25-26H/p+1. The van der Waals surface area contributed by atoms with Crippen molar-refractivity contribution in [1.82, 2.24) is 9.97 Å². The Labute approximate surface area is 151 Å². The molecule has 2 unspecified atom stereocenters. The molecule has 1 aliphatic rings. The van der Waals surface area contributed by atoms with Gasteiger partial charge in [0.1, 0.15) is 5.75 Å². The van der Waals surface area contributed by atoms with Crippen molar-refractivity contribution in [2.75, 3.05) is 0 Å². The van der Waals surface area contributed by atoms with Crippen LogP contribution in [0.1, 0.15) is 11.6 Å². The van der Waals surface area contributed by atoms with E-state index in [9.17, 15) is 5.11 Å². The molecule has 4 nitrogen and oxygen atoms in total. The van der Waals surface area contributed by atoms with Crippen molar-refractivity contribution in [3.05, 3.63) is 90.7 Å². The van der Waals surface area contributed by atoms with E-state index in [1.54, 1.807) is 12.1 Å². The lowest BCUT2D eigenvalue weighted by Gasteiger charge is -2.16. The molecule has 26 heavy (non-hydrogen) atoms. The smallest absolute Gasteiger partial charge is 0.185 e. The molecule has 0 radical (unpaired) electrons. The molecule has 0 aliphatic heterocycles. The number of hydrogen-bond donors (Lipinski definition) is 1. The Morgan fingerprint density at radius 2 is 1.42 bits per heavy atom. The van der Waals surface area contributed by atoms with Gasteiger partial charge in [0.25, 0.3) is 0 Å². The SMILES string of the molecule is Oc1ccccc1-c1cccc(-c2cccc(C3C=CC=CC3[OH2+])n2)n1. The minimum absolute atomic E-state index is 0.0544. The number of phenols is 1. The first-order chi connectivity index (χ1) is 12.7. The van der Waals surface area contributed by atoms with Gasteiger partial charge < -0.3 is 10.2 Å². The van der Waals surface area contributed by atoms with Crippen LogP contribution in [0.4, 0.5) is 0 Å². The van der Waals surface area contributed by atoms with Crippen molar-refractivity contribution in [2.45, 2.75) is 12.0 Å². The molecule has 3 aromatic rings. The first-order valence-electron chi connectivity index (χ1n) is 8.51. The molecule has 4 rings (SSSR count). The normalized spacial score (nSPS) is 18.8. The fraction of sp³-hybridized carbons (Fsp3) is 0.0909. The van der Waals surface area contributed by atoms with Gasteiger partial charge in [0, 0.05) is 5.56 Å². The van der Waals surface area contributed by atoms with Crippen molar-refractivity contribution >= 4 is 0 Å². The van der Waals surface area contributed by atoms with Crippen LogP contribution < -0.4 is 0 Å². The van der Waals surface area contributed by atoms with Gasteiger partial charge >= 0.3 is 0 Å². The van der Waals surface area contributed by atoms with Gasteiger partial charge in [0.15, 0.2) is 6.10 Å². The average Bonchev–Trinajstić information content (AvgIpc) is 2.69. The maximum absolute atomic E-state index is 10.1. The third kappa shape index (κ3) is 3.15. The first-order valence-corrected chi connectivity index (χ1v) is 8.51. The zero-order valence-corrected chi connectivity index (χ0v) is 14.1. The predicted octanol–water partition coefficient (Wildman–Crippen LogP) is 3.82. The number of rotatable bonds is 3.